The Hall–Kier alpha value is -0.280. The lowest BCUT2D eigenvalue weighted by molar-refractivity contribution is -0.140. The smallest absolute Gasteiger partial charge is 0.252 e. The molecule has 1 aliphatic rings. The molecule has 0 aliphatic carbocycles. The largest absolute Gasteiger partial charge is 0.365 e. The summed E-state index contributed by atoms with van der Waals surface area (Å²) < 4.78 is 5.48. The normalized spacial score (nSPS) is 27.7. The fourth-order valence-electron chi connectivity index (χ4n) is 1.81. The molecule has 3 nitrogen and oxygen atoms in total. The van der Waals surface area contributed by atoms with Crippen molar-refractivity contribution in [2.24, 2.45) is 0 Å². The molecule has 15 heavy (non-hydrogen) atoms. The average Bonchev–Trinajstić information content (AvgIpc) is 2.65. The van der Waals surface area contributed by atoms with E-state index in [0.717, 1.165) is 25.7 Å². The summed E-state index contributed by atoms with van der Waals surface area (Å²) in [5.74, 6) is 0.591. The third kappa shape index (κ3) is 3.35. The number of hydrogen-bond acceptors (Lipinski definition) is 2. The van der Waals surface area contributed by atoms with E-state index in [4.69, 9.17) is 16.3 Å². The third-order valence-electron chi connectivity index (χ3n) is 2.98. The van der Waals surface area contributed by atoms with Gasteiger partial charge in [0.2, 0.25) is 0 Å². The highest BCUT2D eigenvalue weighted by molar-refractivity contribution is 6.17. The predicted molar refractivity (Wildman–Crippen MR) is 61.1 cm³/mol. The summed E-state index contributed by atoms with van der Waals surface area (Å²) in [4.78, 5) is 11.9. The molecule has 1 N–H and O–H groups in total. The monoisotopic (exact) mass is 233 g/mol. The van der Waals surface area contributed by atoms with E-state index in [0.29, 0.717) is 12.5 Å². The zero-order valence-corrected chi connectivity index (χ0v) is 10.3. The van der Waals surface area contributed by atoms with E-state index in [1.54, 1.807) is 0 Å². The maximum atomic E-state index is 11.9. The molecule has 1 aliphatic heterocycles. The quantitative estimate of drug-likeness (QED) is 0.739. The summed E-state index contributed by atoms with van der Waals surface area (Å²) in [6.45, 7) is 4.61. The average molecular weight is 234 g/mol. The summed E-state index contributed by atoms with van der Waals surface area (Å²) >= 11 is 5.67. The van der Waals surface area contributed by atoms with Gasteiger partial charge >= 0.3 is 0 Å². The predicted octanol–water partition coefficient (Wildman–Crippen LogP) is 2.08. The standard InChI is InChI=1S/C11H20ClNO2/c1-3-9(5-7-12)13-10(14)11(2)6-4-8-15-11/h9H,3-8H2,1-2H3,(H,13,14). The third-order valence-corrected chi connectivity index (χ3v) is 3.20. The fourth-order valence-corrected chi connectivity index (χ4v) is 2.07. The highest BCUT2D eigenvalue weighted by Gasteiger charge is 2.38. The first-order valence-electron chi connectivity index (χ1n) is 5.63. The fraction of sp³-hybridized carbons (Fsp3) is 0.909. The topological polar surface area (TPSA) is 38.3 Å². The van der Waals surface area contributed by atoms with Crippen LogP contribution in [0.15, 0.2) is 0 Å². The van der Waals surface area contributed by atoms with Gasteiger partial charge in [0.1, 0.15) is 5.60 Å². The molecule has 0 aromatic rings. The molecule has 2 atom stereocenters. The van der Waals surface area contributed by atoms with E-state index in [2.05, 4.69) is 12.2 Å². The highest BCUT2D eigenvalue weighted by Crippen LogP contribution is 2.25. The maximum Gasteiger partial charge on any atom is 0.252 e. The second-order valence-corrected chi connectivity index (χ2v) is 4.62. The summed E-state index contributed by atoms with van der Waals surface area (Å²) in [5.41, 5.74) is -0.611. The molecule has 0 radical (unpaired) electrons. The highest BCUT2D eigenvalue weighted by atomic mass is 35.5. The molecule has 1 rings (SSSR count). The van der Waals surface area contributed by atoms with Crippen LogP contribution in [0.5, 0.6) is 0 Å². The Bertz CT molecular complexity index is 215. The minimum absolute atomic E-state index is 0.0111. The number of carbonyl (C=O) groups excluding carboxylic acids is 1. The van der Waals surface area contributed by atoms with Gasteiger partial charge in [-0.15, -0.1) is 11.6 Å². The van der Waals surface area contributed by atoms with E-state index >= 15 is 0 Å². The van der Waals surface area contributed by atoms with Gasteiger partial charge in [0.25, 0.3) is 5.91 Å². The van der Waals surface area contributed by atoms with Crippen molar-refractivity contribution in [3.05, 3.63) is 0 Å². The number of ether oxygens (including phenoxy) is 1. The van der Waals surface area contributed by atoms with Gasteiger partial charge in [-0.3, -0.25) is 4.79 Å². The summed E-state index contributed by atoms with van der Waals surface area (Å²) in [7, 11) is 0. The molecular formula is C11H20ClNO2. The number of alkyl halides is 1. The van der Waals surface area contributed by atoms with Crippen LogP contribution in [0.25, 0.3) is 0 Å². The Kier molecular flexibility index (Phi) is 4.87. The van der Waals surface area contributed by atoms with Crippen molar-refractivity contribution >= 4 is 17.5 Å². The number of nitrogens with one attached hydrogen (secondary N) is 1. The SMILES string of the molecule is CCC(CCCl)NC(=O)C1(C)CCCO1. The first-order valence-corrected chi connectivity index (χ1v) is 6.16. The van der Waals surface area contributed by atoms with E-state index in [1.165, 1.54) is 0 Å². The second kappa shape index (κ2) is 5.71. The molecule has 1 saturated heterocycles. The van der Waals surface area contributed by atoms with Crippen LogP contribution >= 0.6 is 11.6 Å². The Morgan fingerprint density at radius 1 is 1.67 bits per heavy atom. The van der Waals surface area contributed by atoms with Crippen molar-refractivity contribution < 1.29 is 9.53 Å². The van der Waals surface area contributed by atoms with Crippen molar-refractivity contribution in [1.29, 1.82) is 0 Å². The zero-order valence-electron chi connectivity index (χ0n) is 9.51. The summed E-state index contributed by atoms with van der Waals surface area (Å²) in [5, 5.41) is 3.00. The minimum Gasteiger partial charge on any atom is -0.365 e. The Balaban J connectivity index is 2.45. The molecular weight excluding hydrogens is 214 g/mol. The van der Waals surface area contributed by atoms with Crippen molar-refractivity contribution in [3.8, 4) is 0 Å². The van der Waals surface area contributed by atoms with Gasteiger partial charge in [0.15, 0.2) is 0 Å². The first kappa shape index (κ1) is 12.8. The van der Waals surface area contributed by atoms with Crippen molar-refractivity contribution in [2.75, 3.05) is 12.5 Å². The van der Waals surface area contributed by atoms with Gasteiger partial charge in [-0.1, -0.05) is 6.92 Å². The molecule has 88 valence electrons. The summed E-state index contributed by atoms with van der Waals surface area (Å²) in [6.07, 6.45) is 3.51. The molecule has 1 heterocycles. The second-order valence-electron chi connectivity index (χ2n) is 4.24. The van der Waals surface area contributed by atoms with Crippen LogP contribution in [0, 0.1) is 0 Å². The molecule has 4 heteroatoms. The molecule has 2 unspecified atom stereocenters. The molecule has 0 aromatic carbocycles. The number of rotatable bonds is 5. The summed E-state index contributed by atoms with van der Waals surface area (Å²) in [6, 6.07) is 0.177. The van der Waals surface area contributed by atoms with E-state index < -0.39 is 5.60 Å². The molecule has 0 saturated carbocycles. The number of carbonyl (C=O) groups is 1. The minimum atomic E-state index is -0.611. The van der Waals surface area contributed by atoms with Gasteiger partial charge in [0, 0.05) is 18.5 Å². The lowest BCUT2D eigenvalue weighted by Crippen LogP contribution is -2.48. The van der Waals surface area contributed by atoms with E-state index in [1.807, 2.05) is 6.92 Å². The van der Waals surface area contributed by atoms with Crippen LogP contribution in [0.3, 0.4) is 0 Å². The van der Waals surface area contributed by atoms with Crippen LogP contribution in [0.1, 0.15) is 39.5 Å². The van der Waals surface area contributed by atoms with Gasteiger partial charge in [0.05, 0.1) is 0 Å². The van der Waals surface area contributed by atoms with E-state index in [-0.39, 0.29) is 11.9 Å². The van der Waals surface area contributed by atoms with Crippen LogP contribution in [-0.4, -0.2) is 30.0 Å². The van der Waals surface area contributed by atoms with Crippen LogP contribution in [-0.2, 0) is 9.53 Å². The Morgan fingerprint density at radius 3 is 2.87 bits per heavy atom. The number of hydrogen-bond donors (Lipinski definition) is 1. The van der Waals surface area contributed by atoms with Gasteiger partial charge in [-0.2, -0.15) is 0 Å². The van der Waals surface area contributed by atoms with Crippen molar-refractivity contribution in [2.45, 2.75) is 51.2 Å². The Morgan fingerprint density at radius 2 is 2.40 bits per heavy atom. The molecule has 0 aromatic heterocycles. The molecule has 0 spiro atoms. The number of halogens is 1. The zero-order chi connectivity index (χ0) is 11.3. The number of amides is 1. The van der Waals surface area contributed by atoms with Gasteiger partial charge in [-0.25, -0.2) is 0 Å². The molecule has 0 bridgehead atoms. The lowest BCUT2D eigenvalue weighted by Gasteiger charge is -2.25. The molecule has 1 amide bonds. The van der Waals surface area contributed by atoms with Gasteiger partial charge in [-0.05, 0) is 32.6 Å². The Labute approximate surface area is 96.5 Å². The van der Waals surface area contributed by atoms with Crippen LogP contribution < -0.4 is 5.32 Å². The van der Waals surface area contributed by atoms with E-state index in [9.17, 15) is 4.79 Å². The van der Waals surface area contributed by atoms with Crippen molar-refractivity contribution in [1.82, 2.24) is 5.32 Å². The van der Waals surface area contributed by atoms with Crippen molar-refractivity contribution in [3.63, 3.8) is 0 Å². The van der Waals surface area contributed by atoms with Crippen LogP contribution in [0.4, 0.5) is 0 Å². The first-order chi connectivity index (χ1) is 7.12. The van der Waals surface area contributed by atoms with Gasteiger partial charge < -0.3 is 10.1 Å². The van der Waals surface area contributed by atoms with Crippen LogP contribution in [0.2, 0.25) is 0 Å². The lowest BCUT2D eigenvalue weighted by atomic mass is 10.0. The maximum absolute atomic E-state index is 11.9. The molecule has 1 fully saturated rings.